The summed E-state index contributed by atoms with van der Waals surface area (Å²) in [7, 11) is 0. The number of nitro groups is 1. The van der Waals surface area contributed by atoms with E-state index in [-0.39, 0.29) is 11.6 Å². The summed E-state index contributed by atoms with van der Waals surface area (Å²) in [5, 5.41) is 13.2. The van der Waals surface area contributed by atoms with Gasteiger partial charge in [0.25, 0.3) is 11.6 Å². The van der Waals surface area contributed by atoms with Crippen LogP contribution in [0, 0.1) is 17.0 Å². The van der Waals surface area contributed by atoms with Crippen molar-refractivity contribution < 1.29 is 9.72 Å². The fourth-order valence-electron chi connectivity index (χ4n) is 1.56. The standard InChI is InChI=1S/C13H11N3O3/c1-9-8-11(6-7-14-9)15-13(17)10-2-4-12(5-3-10)16(18)19/h2-8H,1H3,(H,14,15,17). The fourth-order valence-corrected chi connectivity index (χ4v) is 1.56. The van der Waals surface area contributed by atoms with E-state index in [9.17, 15) is 14.9 Å². The Labute approximate surface area is 109 Å². The fraction of sp³-hybridized carbons (Fsp3) is 0.0769. The van der Waals surface area contributed by atoms with Crippen molar-refractivity contribution in [3.8, 4) is 0 Å². The predicted molar refractivity (Wildman–Crippen MR) is 70.0 cm³/mol. The first-order valence-corrected chi connectivity index (χ1v) is 5.55. The van der Waals surface area contributed by atoms with Crippen LogP contribution in [0.15, 0.2) is 42.6 Å². The molecule has 0 radical (unpaired) electrons. The summed E-state index contributed by atoms with van der Waals surface area (Å²) in [6.45, 7) is 1.82. The molecule has 1 aromatic carbocycles. The van der Waals surface area contributed by atoms with Crippen LogP contribution in [0.4, 0.5) is 11.4 Å². The summed E-state index contributed by atoms with van der Waals surface area (Å²) < 4.78 is 0. The number of pyridine rings is 1. The number of amides is 1. The molecule has 0 atom stereocenters. The number of carbonyl (C=O) groups excluding carboxylic acids is 1. The van der Waals surface area contributed by atoms with E-state index in [0.717, 1.165) is 5.69 Å². The maximum absolute atomic E-state index is 11.9. The van der Waals surface area contributed by atoms with Gasteiger partial charge in [-0.3, -0.25) is 19.9 Å². The molecule has 96 valence electrons. The summed E-state index contributed by atoms with van der Waals surface area (Å²) in [6.07, 6.45) is 1.60. The summed E-state index contributed by atoms with van der Waals surface area (Å²) in [5.41, 5.74) is 1.74. The minimum absolute atomic E-state index is 0.0451. The molecule has 1 heterocycles. The molecule has 0 spiro atoms. The van der Waals surface area contributed by atoms with Gasteiger partial charge in [0.2, 0.25) is 0 Å². The summed E-state index contributed by atoms with van der Waals surface area (Å²) in [6, 6.07) is 8.85. The van der Waals surface area contributed by atoms with E-state index >= 15 is 0 Å². The van der Waals surface area contributed by atoms with Gasteiger partial charge in [-0.15, -0.1) is 0 Å². The van der Waals surface area contributed by atoms with E-state index < -0.39 is 4.92 Å². The predicted octanol–water partition coefficient (Wildman–Crippen LogP) is 2.55. The second kappa shape index (κ2) is 5.26. The molecule has 2 aromatic rings. The first-order chi connectivity index (χ1) is 9.06. The molecular formula is C13H11N3O3. The van der Waals surface area contributed by atoms with Gasteiger partial charge in [0.05, 0.1) is 4.92 Å². The lowest BCUT2D eigenvalue weighted by Crippen LogP contribution is -2.12. The molecule has 6 nitrogen and oxygen atoms in total. The number of aryl methyl sites for hydroxylation is 1. The van der Waals surface area contributed by atoms with Gasteiger partial charge in [0, 0.05) is 35.3 Å². The van der Waals surface area contributed by atoms with Crippen LogP contribution < -0.4 is 5.32 Å². The van der Waals surface area contributed by atoms with Crippen molar-refractivity contribution >= 4 is 17.3 Å². The lowest BCUT2D eigenvalue weighted by molar-refractivity contribution is -0.384. The molecule has 0 aliphatic heterocycles. The van der Waals surface area contributed by atoms with Gasteiger partial charge in [0.1, 0.15) is 0 Å². The number of aromatic nitrogens is 1. The lowest BCUT2D eigenvalue weighted by Gasteiger charge is -2.05. The highest BCUT2D eigenvalue weighted by Gasteiger charge is 2.09. The molecule has 19 heavy (non-hydrogen) atoms. The smallest absolute Gasteiger partial charge is 0.269 e. The van der Waals surface area contributed by atoms with Crippen LogP contribution in [0.3, 0.4) is 0 Å². The molecule has 0 bridgehead atoms. The van der Waals surface area contributed by atoms with Gasteiger partial charge in [-0.25, -0.2) is 0 Å². The van der Waals surface area contributed by atoms with Crippen LogP contribution in [-0.4, -0.2) is 15.8 Å². The Morgan fingerprint density at radius 1 is 1.26 bits per heavy atom. The zero-order chi connectivity index (χ0) is 13.8. The van der Waals surface area contributed by atoms with E-state index in [0.29, 0.717) is 11.3 Å². The van der Waals surface area contributed by atoms with Crippen molar-refractivity contribution in [1.29, 1.82) is 0 Å². The second-order valence-corrected chi connectivity index (χ2v) is 3.94. The van der Waals surface area contributed by atoms with E-state index in [1.54, 1.807) is 18.3 Å². The molecule has 6 heteroatoms. The Kier molecular flexibility index (Phi) is 3.51. The molecule has 0 saturated carbocycles. The number of rotatable bonds is 3. The maximum atomic E-state index is 11.9. The van der Waals surface area contributed by atoms with Crippen molar-refractivity contribution in [1.82, 2.24) is 4.98 Å². The molecule has 0 aliphatic carbocycles. The highest BCUT2D eigenvalue weighted by molar-refractivity contribution is 6.04. The normalized spacial score (nSPS) is 9.95. The molecule has 1 N–H and O–H groups in total. The molecule has 0 aliphatic rings. The Balaban J connectivity index is 2.14. The number of nitrogens with zero attached hydrogens (tertiary/aromatic N) is 2. The number of hydrogen-bond acceptors (Lipinski definition) is 4. The Morgan fingerprint density at radius 2 is 1.95 bits per heavy atom. The molecule has 0 unspecified atom stereocenters. The van der Waals surface area contributed by atoms with Gasteiger partial charge < -0.3 is 5.32 Å². The number of nitrogens with one attached hydrogen (secondary N) is 1. The third-order valence-electron chi connectivity index (χ3n) is 2.49. The maximum Gasteiger partial charge on any atom is 0.269 e. The average Bonchev–Trinajstić information content (AvgIpc) is 2.39. The molecule has 1 aromatic heterocycles. The Bertz CT molecular complexity index is 623. The van der Waals surface area contributed by atoms with Crippen molar-refractivity contribution in [2.24, 2.45) is 0 Å². The minimum atomic E-state index is -0.506. The van der Waals surface area contributed by atoms with Crippen molar-refractivity contribution in [3.05, 3.63) is 64.0 Å². The third kappa shape index (κ3) is 3.12. The topological polar surface area (TPSA) is 85.1 Å². The Morgan fingerprint density at radius 3 is 2.53 bits per heavy atom. The van der Waals surface area contributed by atoms with Gasteiger partial charge in [-0.05, 0) is 31.2 Å². The summed E-state index contributed by atoms with van der Waals surface area (Å²) in [5.74, 6) is -0.319. The largest absolute Gasteiger partial charge is 0.322 e. The van der Waals surface area contributed by atoms with Gasteiger partial charge in [0.15, 0.2) is 0 Å². The van der Waals surface area contributed by atoms with Crippen LogP contribution in [0.2, 0.25) is 0 Å². The molecule has 2 rings (SSSR count). The number of anilines is 1. The quantitative estimate of drug-likeness (QED) is 0.676. The zero-order valence-electron chi connectivity index (χ0n) is 10.2. The molecule has 0 saturated heterocycles. The average molecular weight is 257 g/mol. The monoisotopic (exact) mass is 257 g/mol. The van der Waals surface area contributed by atoms with Crippen molar-refractivity contribution in [3.63, 3.8) is 0 Å². The zero-order valence-corrected chi connectivity index (χ0v) is 10.2. The number of benzene rings is 1. The highest BCUT2D eigenvalue weighted by Crippen LogP contribution is 2.14. The van der Waals surface area contributed by atoms with Gasteiger partial charge >= 0.3 is 0 Å². The first kappa shape index (κ1) is 12.7. The highest BCUT2D eigenvalue weighted by atomic mass is 16.6. The number of non-ortho nitro benzene ring substituents is 1. The number of carbonyl (C=O) groups is 1. The van der Waals surface area contributed by atoms with Crippen LogP contribution in [-0.2, 0) is 0 Å². The molecule has 0 fully saturated rings. The van der Waals surface area contributed by atoms with Gasteiger partial charge in [-0.2, -0.15) is 0 Å². The lowest BCUT2D eigenvalue weighted by atomic mass is 10.2. The van der Waals surface area contributed by atoms with Crippen LogP contribution in [0.25, 0.3) is 0 Å². The van der Waals surface area contributed by atoms with Crippen LogP contribution in [0.1, 0.15) is 16.1 Å². The van der Waals surface area contributed by atoms with Crippen molar-refractivity contribution in [2.45, 2.75) is 6.92 Å². The first-order valence-electron chi connectivity index (χ1n) is 5.55. The van der Waals surface area contributed by atoms with Crippen LogP contribution >= 0.6 is 0 Å². The number of hydrogen-bond donors (Lipinski definition) is 1. The van der Waals surface area contributed by atoms with E-state index in [4.69, 9.17) is 0 Å². The van der Waals surface area contributed by atoms with Gasteiger partial charge in [-0.1, -0.05) is 0 Å². The van der Waals surface area contributed by atoms with E-state index in [1.807, 2.05) is 6.92 Å². The molecular weight excluding hydrogens is 246 g/mol. The van der Waals surface area contributed by atoms with E-state index in [2.05, 4.69) is 10.3 Å². The van der Waals surface area contributed by atoms with Crippen LogP contribution in [0.5, 0.6) is 0 Å². The molecule has 1 amide bonds. The van der Waals surface area contributed by atoms with E-state index in [1.165, 1.54) is 24.3 Å². The minimum Gasteiger partial charge on any atom is -0.322 e. The Hall–Kier alpha value is -2.76. The third-order valence-corrected chi connectivity index (χ3v) is 2.49. The summed E-state index contributed by atoms with van der Waals surface area (Å²) >= 11 is 0. The number of nitro benzene ring substituents is 1. The second-order valence-electron chi connectivity index (χ2n) is 3.94. The summed E-state index contributed by atoms with van der Waals surface area (Å²) in [4.78, 5) is 25.9. The SMILES string of the molecule is Cc1cc(NC(=O)c2ccc([N+](=O)[O-])cc2)ccn1. The van der Waals surface area contributed by atoms with Crippen molar-refractivity contribution in [2.75, 3.05) is 5.32 Å².